The Labute approximate surface area is 156 Å². The number of aliphatic imine (C=N–C) groups is 1. The molecule has 0 saturated carbocycles. The number of hydrogen-bond donors (Lipinski definition) is 3. The molecule has 0 saturated heterocycles. The van der Waals surface area contributed by atoms with E-state index in [0.29, 0.717) is 19.0 Å². The lowest BCUT2D eigenvalue weighted by atomic mass is 9.85. The van der Waals surface area contributed by atoms with Gasteiger partial charge in [0, 0.05) is 32.1 Å². The molecule has 0 heterocycles. The van der Waals surface area contributed by atoms with Gasteiger partial charge in [-0.3, -0.25) is 4.99 Å². The number of nitrogens with zero attached hydrogens (tertiary/aromatic N) is 1. The average molecular weight is 454 g/mol. The van der Waals surface area contributed by atoms with Crippen LogP contribution >= 0.6 is 24.0 Å². The fourth-order valence-corrected chi connectivity index (χ4v) is 2.41. The normalized spacial score (nSPS) is 12.4. The quantitative estimate of drug-likeness (QED) is 0.251. The van der Waals surface area contributed by atoms with Crippen LogP contribution < -0.4 is 15.4 Å². The molecule has 23 heavy (non-hydrogen) atoms. The number of benzene rings is 1. The largest absolute Gasteiger partial charge is 0.356 e. The number of nitrogens with one attached hydrogen (secondary N) is 3. The maximum Gasteiger partial charge on any atom is 0.208 e. The van der Waals surface area contributed by atoms with Crippen LogP contribution in [0.5, 0.6) is 0 Å². The zero-order valence-corrected chi connectivity index (χ0v) is 17.2. The van der Waals surface area contributed by atoms with E-state index in [-0.39, 0.29) is 29.4 Å². The van der Waals surface area contributed by atoms with Crippen LogP contribution in [0.1, 0.15) is 19.4 Å². The van der Waals surface area contributed by atoms with Crippen LogP contribution in [0, 0.1) is 0 Å². The molecule has 0 bridgehead atoms. The topological polar surface area (TPSA) is 82.6 Å². The van der Waals surface area contributed by atoms with Crippen molar-refractivity contribution in [3.8, 4) is 0 Å². The second-order valence-corrected chi connectivity index (χ2v) is 7.60. The second kappa shape index (κ2) is 10.1. The third-order valence-corrected chi connectivity index (χ3v) is 3.99. The van der Waals surface area contributed by atoms with Crippen molar-refractivity contribution in [3.63, 3.8) is 0 Å². The lowest BCUT2D eigenvalue weighted by Crippen LogP contribution is -2.45. The van der Waals surface area contributed by atoms with Gasteiger partial charge < -0.3 is 10.6 Å². The van der Waals surface area contributed by atoms with Gasteiger partial charge in [-0.05, 0) is 5.56 Å². The van der Waals surface area contributed by atoms with Crippen molar-refractivity contribution in [1.29, 1.82) is 0 Å². The fraction of sp³-hybridized carbons (Fsp3) is 0.533. The number of guanidine groups is 1. The number of halogens is 1. The van der Waals surface area contributed by atoms with Crippen molar-refractivity contribution >= 4 is 40.0 Å². The summed E-state index contributed by atoms with van der Waals surface area (Å²) in [5, 5.41) is 6.35. The van der Waals surface area contributed by atoms with Gasteiger partial charge in [-0.25, -0.2) is 13.1 Å². The molecule has 132 valence electrons. The summed E-state index contributed by atoms with van der Waals surface area (Å²) in [5.74, 6) is 0.652. The van der Waals surface area contributed by atoms with Gasteiger partial charge in [0.05, 0.1) is 6.26 Å². The van der Waals surface area contributed by atoms with Gasteiger partial charge in [0.2, 0.25) is 10.0 Å². The maximum atomic E-state index is 11.0. The average Bonchev–Trinajstić information content (AvgIpc) is 2.46. The van der Waals surface area contributed by atoms with E-state index >= 15 is 0 Å². The Morgan fingerprint density at radius 2 is 1.74 bits per heavy atom. The molecule has 3 N–H and O–H groups in total. The smallest absolute Gasteiger partial charge is 0.208 e. The third-order valence-electron chi connectivity index (χ3n) is 3.26. The van der Waals surface area contributed by atoms with E-state index in [2.05, 4.69) is 46.3 Å². The van der Waals surface area contributed by atoms with E-state index in [4.69, 9.17) is 0 Å². The Bertz CT molecular complexity index is 589. The van der Waals surface area contributed by atoms with E-state index in [9.17, 15) is 8.42 Å². The zero-order chi connectivity index (χ0) is 16.6. The number of hydrogen-bond acceptors (Lipinski definition) is 3. The van der Waals surface area contributed by atoms with Gasteiger partial charge in [0.25, 0.3) is 0 Å². The summed E-state index contributed by atoms with van der Waals surface area (Å²) in [5.41, 5.74) is 1.21. The molecule has 0 aliphatic heterocycles. The predicted octanol–water partition coefficient (Wildman–Crippen LogP) is 1.30. The molecular weight excluding hydrogens is 427 g/mol. The third kappa shape index (κ3) is 9.11. The van der Waals surface area contributed by atoms with Crippen molar-refractivity contribution in [2.24, 2.45) is 4.99 Å². The standard InChI is InChI=1S/C15H26N4O2S.HI/c1-15(2,13-8-6-5-7-9-13)12-18-14(16-3)17-10-11-19-22(4,20)21;/h5-9,19H,10-12H2,1-4H3,(H2,16,17,18);1H. The monoisotopic (exact) mass is 454 g/mol. The van der Waals surface area contributed by atoms with E-state index in [1.165, 1.54) is 5.56 Å². The zero-order valence-electron chi connectivity index (χ0n) is 14.1. The first-order valence-electron chi connectivity index (χ1n) is 7.19. The molecule has 0 aliphatic carbocycles. The molecule has 0 unspecified atom stereocenters. The van der Waals surface area contributed by atoms with Gasteiger partial charge in [-0.1, -0.05) is 44.2 Å². The highest BCUT2D eigenvalue weighted by molar-refractivity contribution is 14.0. The fourth-order valence-electron chi connectivity index (χ4n) is 1.93. The van der Waals surface area contributed by atoms with Crippen molar-refractivity contribution in [3.05, 3.63) is 35.9 Å². The molecule has 1 aromatic carbocycles. The van der Waals surface area contributed by atoms with E-state index < -0.39 is 10.0 Å². The van der Waals surface area contributed by atoms with Crippen LogP contribution in [0.2, 0.25) is 0 Å². The molecule has 0 aromatic heterocycles. The Kier molecular flexibility index (Phi) is 9.71. The lowest BCUT2D eigenvalue weighted by molar-refractivity contribution is 0.508. The summed E-state index contributed by atoms with van der Waals surface area (Å²) in [6, 6.07) is 10.3. The van der Waals surface area contributed by atoms with Gasteiger partial charge in [-0.15, -0.1) is 24.0 Å². The minimum Gasteiger partial charge on any atom is -0.356 e. The minimum atomic E-state index is -3.15. The van der Waals surface area contributed by atoms with Gasteiger partial charge in [0.1, 0.15) is 0 Å². The van der Waals surface area contributed by atoms with Crippen LogP contribution in [0.3, 0.4) is 0 Å². The molecule has 0 amide bonds. The van der Waals surface area contributed by atoms with E-state index in [1.54, 1.807) is 7.05 Å². The summed E-state index contributed by atoms with van der Waals surface area (Å²) in [6.45, 7) is 5.83. The number of rotatable bonds is 7. The van der Waals surface area contributed by atoms with Crippen molar-refractivity contribution < 1.29 is 8.42 Å². The highest BCUT2D eigenvalue weighted by Crippen LogP contribution is 2.21. The summed E-state index contributed by atoms with van der Waals surface area (Å²) >= 11 is 0. The molecule has 0 radical (unpaired) electrons. The van der Waals surface area contributed by atoms with Gasteiger partial charge in [-0.2, -0.15) is 0 Å². The first kappa shape index (κ1) is 22.1. The molecule has 1 aromatic rings. The van der Waals surface area contributed by atoms with E-state index in [0.717, 1.165) is 12.8 Å². The molecule has 0 atom stereocenters. The SMILES string of the molecule is CN=C(NCCNS(C)(=O)=O)NCC(C)(C)c1ccccc1.I. The Hall–Kier alpha value is -0.870. The summed E-state index contributed by atoms with van der Waals surface area (Å²) in [6.07, 6.45) is 1.14. The van der Waals surface area contributed by atoms with Crippen LogP contribution in [-0.2, 0) is 15.4 Å². The molecule has 0 spiro atoms. The first-order valence-corrected chi connectivity index (χ1v) is 9.08. The molecule has 6 nitrogen and oxygen atoms in total. The van der Waals surface area contributed by atoms with Crippen molar-refractivity contribution in [1.82, 2.24) is 15.4 Å². The summed E-state index contributed by atoms with van der Waals surface area (Å²) < 4.78 is 24.4. The second-order valence-electron chi connectivity index (χ2n) is 5.77. The summed E-state index contributed by atoms with van der Waals surface area (Å²) in [4.78, 5) is 4.14. The predicted molar refractivity (Wildman–Crippen MR) is 107 cm³/mol. The lowest BCUT2D eigenvalue weighted by Gasteiger charge is -2.26. The van der Waals surface area contributed by atoms with Crippen molar-refractivity contribution in [2.45, 2.75) is 19.3 Å². The molecule has 0 aliphatic rings. The van der Waals surface area contributed by atoms with Crippen LogP contribution in [0.4, 0.5) is 0 Å². The molecule has 8 heteroatoms. The highest BCUT2D eigenvalue weighted by Gasteiger charge is 2.20. The molecule has 1 rings (SSSR count). The van der Waals surface area contributed by atoms with Crippen LogP contribution in [0.25, 0.3) is 0 Å². The number of sulfonamides is 1. The minimum absolute atomic E-state index is 0. The van der Waals surface area contributed by atoms with Crippen LogP contribution in [0.15, 0.2) is 35.3 Å². The van der Waals surface area contributed by atoms with Crippen molar-refractivity contribution in [2.75, 3.05) is 32.9 Å². The highest BCUT2D eigenvalue weighted by atomic mass is 127. The molecular formula is C15H27IN4O2S. The Balaban J connectivity index is 0.00000484. The Morgan fingerprint density at radius 3 is 2.26 bits per heavy atom. The van der Waals surface area contributed by atoms with Crippen LogP contribution in [-0.4, -0.2) is 47.3 Å². The molecule has 0 fully saturated rings. The van der Waals surface area contributed by atoms with Gasteiger partial charge in [0.15, 0.2) is 5.96 Å². The Morgan fingerprint density at radius 1 is 1.13 bits per heavy atom. The van der Waals surface area contributed by atoms with Gasteiger partial charge >= 0.3 is 0 Å². The summed E-state index contributed by atoms with van der Waals surface area (Å²) in [7, 11) is -1.46. The maximum absolute atomic E-state index is 11.0. The first-order chi connectivity index (χ1) is 10.2. The van der Waals surface area contributed by atoms with E-state index in [1.807, 2.05) is 18.2 Å².